The zero-order chi connectivity index (χ0) is 14.2. The highest BCUT2D eigenvalue weighted by Gasteiger charge is 2.28. The van der Waals surface area contributed by atoms with Gasteiger partial charge in [0.25, 0.3) is 5.69 Å². The first-order chi connectivity index (χ1) is 8.88. The average Bonchev–Trinajstić information content (AvgIpc) is 2.26. The lowest BCUT2D eigenvalue weighted by Gasteiger charge is -2.36. The van der Waals surface area contributed by atoms with E-state index in [1.807, 2.05) is 13.8 Å². The van der Waals surface area contributed by atoms with Crippen LogP contribution < -0.4 is 4.90 Å². The lowest BCUT2D eigenvalue weighted by Crippen LogP contribution is -2.46. The van der Waals surface area contributed by atoms with Crippen LogP contribution in [-0.4, -0.2) is 30.2 Å². The number of rotatable bonds is 2. The third-order valence-corrected chi connectivity index (χ3v) is 2.95. The van der Waals surface area contributed by atoms with E-state index in [1.54, 1.807) is 0 Å². The fourth-order valence-corrected chi connectivity index (χ4v) is 2.32. The predicted molar refractivity (Wildman–Crippen MR) is 65.2 cm³/mol. The van der Waals surface area contributed by atoms with Gasteiger partial charge in [-0.05, 0) is 13.8 Å². The van der Waals surface area contributed by atoms with Gasteiger partial charge in [0, 0.05) is 13.1 Å². The van der Waals surface area contributed by atoms with Gasteiger partial charge in [0.05, 0.1) is 29.3 Å². The number of benzene rings is 1. The second kappa shape index (κ2) is 5.08. The van der Waals surface area contributed by atoms with Crippen molar-refractivity contribution in [3.63, 3.8) is 0 Å². The second-order valence-electron chi connectivity index (χ2n) is 4.68. The third kappa shape index (κ3) is 2.81. The quantitative estimate of drug-likeness (QED) is 0.613. The summed E-state index contributed by atoms with van der Waals surface area (Å²) in [5, 5.41) is 10.5. The van der Waals surface area contributed by atoms with E-state index in [2.05, 4.69) is 0 Å². The van der Waals surface area contributed by atoms with E-state index in [1.165, 1.54) is 4.90 Å². The molecule has 0 aromatic heterocycles. The van der Waals surface area contributed by atoms with Crippen LogP contribution in [0.3, 0.4) is 0 Å². The molecule has 1 saturated heterocycles. The minimum absolute atomic E-state index is 0.155. The number of nitro benzene ring substituents is 1. The highest BCUT2D eigenvalue weighted by Crippen LogP contribution is 2.30. The van der Waals surface area contributed by atoms with Crippen LogP contribution in [0.5, 0.6) is 0 Å². The van der Waals surface area contributed by atoms with E-state index < -0.39 is 22.2 Å². The highest BCUT2D eigenvalue weighted by atomic mass is 19.1. The second-order valence-corrected chi connectivity index (χ2v) is 4.68. The van der Waals surface area contributed by atoms with Crippen molar-refractivity contribution in [3.05, 3.63) is 33.9 Å². The van der Waals surface area contributed by atoms with E-state index in [9.17, 15) is 18.9 Å². The Balaban J connectivity index is 2.37. The summed E-state index contributed by atoms with van der Waals surface area (Å²) in [4.78, 5) is 11.2. The Morgan fingerprint density at radius 3 is 2.16 bits per heavy atom. The molecule has 0 aliphatic carbocycles. The Morgan fingerprint density at radius 1 is 1.26 bits per heavy atom. The van der Waals surface area contributed by atoms with Gasteiger partial charge in [-0.2, -0.15) is 0 Å². The number of ether oxygens (including phenoxy) is 1. The number of hydrogen-bond donors (Lipinski definition) is 0. The van der Waals surface area contributed by atoms with Crippen molar-refractivity contribution >= 4 is 11.4 Å². The largest absolute Gasteiger partial charge is 0.372 e. The molecule has 2 unspecified atom stereocenters. The number of hydrogen-bond acceptors (Lipinski definition) is 4. The first-order valence-corrected chi connectivity index (χ1v) is 5.92. The molecule has 7 heteroatoms. The van der Waals surface area contributed by atoms with Crippen molar-refractivity contribution in [2.24, 2.45) is 0 Å². The van der Waals surface area contributed by atoms with E-state index in [-0.39, 0.29) is 17.9 Å². The minimum Gasteiger partial charge on any atom is -0.372 e. The molecule has 19 heavy (non-hydrogen) atoms. The zero-order valence-corrected chi connectivity index (χ0v) is 10.6. The Kier molecular flexibility index (Phi) is 3.66. The van der Waals surface area contributed by atoms with Crippen LogP contribution in [0.25, 0.3) is 0 Å². The maximum Gasteiger partial charge on any atom is 0.275 e. The van der Waals surface area contributed by atoms with E-state index >= 15 is 0 Å². The minimum atomic E-state index is -0.923. The van der Waals surface area contributed by atoms with Gasteiger partial charge >= 0.3 is 0 Å². The molecule has 0 radical (unpaired) electrons. The number of morpholine rings is 1. The van der Waals surface area contributed by atoms with Crippen LogP contribution in [-0.2, 0) is 4.74 Å². The van der Waals surface area contributed by atoms with Gasteiger partial charge in [-0.3, -0.25) is 10.1 Å². The van der Waals surface area contributed by atoms with Crippen LogP contribution in [0, 0.1) is 21.7 Å². The summed E-state index contributed by atoms with van der Waals surface area (Å²) in [5.74, 6) is -1.85. The Bertz CT molecular complexity index is 477. The van der Waals surface area contributed by atoms with Crippen LogP contribution >= 0.6 is 0 Å². The van der Waals surface area contributed by atoms with Gasteiger partial charge in [-0.25, -0.2) is 8.78 Å². The summed E-state index contributed by atoms with van der Waals surface area (Å²) >= 11 is 0. The monoisotopic (exact) mass is 272 g/mol. The van der Waals surface area contributed by atoms with Crippen molar-refractivity contribution in [1.82, 2.24) is 0 Å². The van der Waals surface area contributed by atoms with Crippen molar-refractivity contribution in [1.29, 1.82) is 0 Å². The Morgan fingerprint density at radius 2 is 1.74 bits per heavy atom. The summed E-state index contributed by atoms with van der Waals surface area (Å²) in [6.45, 7) is 4.31. The normalized spacial score (nSPS) is 23.5. The molecule has 1 heterocycles. The topological polar surface area (TPSA) is 55.6 Å². The molecule has 0 spiro atoms. The molecular weight excluding hydrogens is 258 g/mol. The predicted octanol–water partition coefficient (Wildman–Crippen LogP) is 2.49. The smallest absolute Gasteiger partial charge is 0.275 e. The summed E-state index contributed by atoms with van der Waals surface area (Å²) in [6.07, 6.45) is -0.310. The number of nitro groups is 1. The molecule has 1 aliphatic rings. The molecule has 104 valence electrons. The standard InChI is InChI=1S/C12H14F2N2O3/c1-7-5-15(6-8(2)19-7)12-10(13)3-9(16(17)18)4-11(12)14/h3-4,7-8H,5-6H2,1-2H3. The van der Waals surface area contributed by atoms with Gasteiger partial charge in [-0.15, -0.1) is 0 Å². The molecule has 1 fully saturated rings. The highest BCUT2D eigenvalue weighted by molar-refractivity contribution is 5.54. The van der Waals surface area contributed by atoms with Crippen molar-refractivity contribution in [2.45, 2.75) is 26.1 Å². The maximum absolute atomic E-state index is 13.9. The third-order valence-electron chi connectivity index (χ3n) is 2.95. The fourth-order valence-electron chi connectivity index (χ4n) is 2.32. The molecule has 0 amide bonds. The molecule has 1 aliphatic heterocycles. The maximum atomic E-state index is 13.9. The number of anilines is 1. The SMILES string of the molecule is CC1CN(c2c(F)cc([N+](=O)[O-])cc2F)CC(C)O1. The zero-order valence-electron chi connectivity index (χ0n) is 10.6. The average molecular weight is 272 g/mol. The molecule has 0 N–H and O–H groups in total. The van der Waals surface area contributed by atoms with Crippen LogP contribution in [0.1, 0.15) is 13.8 Å². The molecule has 2 atom stereocenters. The van der Waals surface area contributed by atoms with Crippen LogP contribution in [0.4, 0.5) is 20.2 Å². The molecule has 1 aromatic carbocycles. The Labute approximate surface area is 108 Å². The van der Waals surface area contributed by atoms with Crippen LogP contribution in [0.15, 0.2) is 12.1 Å². The number of non-ortho nitro benzene ring substituents is 1. The Hall–Kier alpha value is -1.76. The first kappa shape index (κ1) is 13.7. The molecule has 0 saturated carbocycles. The molecule has 1 aromatic rings. The number of nitrogens with zero attached hydrogens (tertiary/aromatic N) is 2. The summed E-state index contributed by atoms with van der Waals surface area (Å²) < 4.78 is 33.3. The van der Waals surface area contributed by atoms with Crippen molar-refractivity contribution in [3.8, 4) is 0 Å². The van der Waals surface area contributed by atoms with E-state index in [0.717, 1.165) is 12.1 Å². The fraction of sp³-hybridized carbons (Fsp3) is 0.500. The summed E-state index contributed by atoms with van der Waals surface area (Å²) in [5.41, 5.74) is -0.819. The van der Waals surface area contributed by atoms with Gasteiger partial charge < -0.3 is 9.64 Å². The lowest BCUT2D eigenvalue weighted by atomic mass is 10.1. The number of halogens is 2. The molecule has 0 bridgehead atoms. The van der Waals surface area contributed by atoms with Gasteiger partial charge in [-0.1, -0.05) is 0 Å². The van der Waals surface area contributed by atoms with Crippen molar-refractivity contribution < 1.29 is 18.4 Å². The molecule has 2 rings (SSSR count). The van der Waals surface area contributed by atoms with Gasteiger partial charge in [0.15, 0.2) is 11.6 Å². The van der Waals surface area contributed by atoms with Gasteiger partial charge in [0.1, 0.15) is 5.69 Å². The van der Waals surface area contributed by atoms with E-state index in [4.69, 9.17) is 4.74 Å². The van der Waals surface area contributed by atoms with E-state index in [0.29, 0.717) is 13.1 Å². The molecular formula is C12H14F2N2O3. The van der Waals surface area contributed by atoms with Crippen LogP contribution in [0.2, 0.25) is 0 Å². The van der Waals surface area contributed by atoms with Crippen molar-refractivity contribution in [2.75, 3.05) is 18.0 Å². The first-order valence-electron chi connectivity index (χ1n) is 5.92. The lowest BCUT2D eigenvalue weighted by molar-refractivity contribution is -0.385. The van der Waals surface area contributed by atoms with Gasteiger partial charge in [0.2, 0.25) is 0 Å². The summed E-state index contributed by atoms with van der Waals surface area (Å²) in [7, 11) is 0. The molecule has 5 nitrogen and oxygen atoms in total. The summed E-state index contributed by atoms with van der Waals surface area (Å²) in [6, 6.07) is 1.48.